The molecule has 0 aromatic rings. The molecule has 4 heteroatoms. The van der Waals surface area contributed by atoms with Crippen molar-refractivity contribution in [2.75, 3.05) is 0 Å². The fraction of sp³-hybridized carbons (Fsp3) is 0.600. The van der Waals surface area contributed by atoms with Crippen LogP contribution >= 0.6 is 12.6 Å². The van der Waals surface area contributed by atoms with Gasteiger partial charge in [-0.25, -0.2) is 4.79 Å². The molecule has 0 fully saturated rings. The lowest BCUT2D eigenvalue weighted by Gasteiger charge is -1.99. The first-order chi connectivity index (χ1) is 4.09. The third-order valence-corrected chi connectivity index (χ3v) is 1.50. The summed E-state index contributed by atoms with van der Waals surface area (Å²) in [5.41, 5.74) is 0. The first-order valence-corrected chi connectivity index (χ1v) is 3.06. The van der Waals surface area contributed by atoms with E-state index in [-0.39, 0.29) is 0 Å². The van der Waals surface area contributed by atoms with E-state index < -0.39 is 17.0 Å². The summed E-state index contributed by atoms with van der Waals surface area (Å²) in [4.78, 5) is 20.3. The lowest BCUT2D eigenvalue weighted by molar-refractivity contribution is -0.148. The van der Waals surface area contributed by atoms with Gasteiger partial charge in [-0.05, 0) is 6.42 Å². The van der Waals surface area contributed by atoms with Crippen molar-refractivity contribution in [3.63, 3.8) is 0 Å². The highest BCUT2D eigenvalue weighted by atomic mass is 32.1. The molecule has 0 aliphatic rings. The van der Waals surface area contributed by atoms with Crippen LogP contribution in [0.5, 0.6) is 0 Å². The van der Waals surface area contributed by atoms with Gasteiger partial charge in [0.1, 0.15) is 0 Å². The van der Waals surface area contributed by atoms with Crippen LogP contribution in [0.25, 0.3) is 0 Å². The highest BCUT2D eigenvalue weighted by Gasteiger charge is 2.18. The van der Waals surface area contributed by atoms with E-state index in [0.29, 0.717) is 6.42 Å². The van der Waals surface area contributed by atoms with Gasteiger partial charge in [0.05, 0.1) is 5.25 Å². The standard InChI is InChI=1S/C5H8O3S/c1-2-3(9)4(6)5(7)8/h3,9H,2H2,1H3,(H,7,8). The van der Waals surface area contributed by atoms with Crippen molar-refractivity contribution in [3.8, 4) is 0 Å². The highest BCUT2D eigenvalue weighted by molar-refractivity contribution is 7.82. The Kier molecular flexibility index (Phi) is 3.30. The number of carbonyl (C=O) groups excluding carboxylic acids is 1. The summed E-state index contributed by atoms with van der Waals surface area (Å²) < 4.78 is 0. The van der Waals surface area contributed by atoms with Gasteiger partial charge in [-0.2, -0.15) is 12.6 Å². The van der Waals surface area contributed by atoms with Crippen LogP contribution in [0.4, 0.5) is 0 Å². The lowest BCUT2D eigenvalue weighted by Crippen LogP contribution is -2.22. The largest absolute Gasteiger partial charge is 0.475 e. The number of thiol groups is 1. The maximum atomic E-state index is 10.4. The van der Waals surface area contributed by atoms with Crippen molar-refractivity contribution >= 4 is 24.4 Å². The molecule has 1 N–H and O–H groups in total. The minimum absolute atomic E-state index is 0.453. The summed E-state index contributed by atoms with van der Waals surface area (Å²) in [6, 6.07) is 0. The number of hydrogen-bond acceptors (Lipinski definition) is 3. The van der Waals surface area contributed by atoms with Gasteiger partial charge in [0, 0.05) is 0 Å². The molecule has 52 valence electrons. The Morgan fingerprint density at radius 1 is 1.67 bits per heavy atom. The van der Waals surface area contributed by atoms with E-state index in [2.05, 4.69) is 12.6 Å². The van der Waals surface area contributed by atoms with Crippen LogP contribution in [0.2, 0.25) is 0 Å². The van der Waals surface area contributed by atoms with Gasteiger partial charge in [0.15, 0.2) is 0 Å². The number of ketones is 1. The molecule has 9 heavy (non-hydrogen) atoms. The molecule has 0 aromatic heterocycles. The fourth-order valence-electron chi connectivity index (χ4n) is 0.328. The van der Waals surface area contributed by atoms with Gasteiger partial charge in [-0.15, -0.1) is 0 Å². The Balaban J connectivity index is 3.88. The Hall–Kier alpha value is -0.510. The summed E-state index contributed by atoms with van der Waals surface area (Å²) in [6.45, 7) is 1.71. The molecular weight excluding hydrogens is 140 g/mol. The van der Waals surface area contributed by atoms with Crippen LogP contribution in [-0.2, 0) is 9.59 Å². The molecule has 1 atom stereocenters. The van der Waals surface area contributed by atoms with Crippen molar-refractivity contribution < 1.29 is 14.7 Å². The number of rotatable bonds is 3. The van der Waals surface area contributed by atoms with E-state index in [1.807, 2.05) is 0 Å². The van der Waals surface area contributed by atoms with Crippen LogP contribution < -0.4 is 0 Å². The average molecular weight is 148 g/mol. The van der Waals surface area contributed by atoms with Gasteiger partial charge in [0.25, 0.3) is 5.78 Å². The van der Waals surface area contributed by atoms with E-state index in [1.54, 1.807) is 6.92 Å². The van der Waals surface area contributed by atoms with Crippen LogP contribution in [0.15, 0.2) is 0 Å². The third kappa shape index (κ3) is 2.51. The van der Waals surface area contributed by atoms with Crippen LogP contribution in [0, 0.1) is 0 Å². The molecule has 0 radical (unpaired) electrons. The topological polar surface area (TPSA) is 54.4 Å². The lowest BCUT2D eigenvalue weighted by atomic mass is 10.2. The zero-order valence-electron chi connectivity index (χ0n) is 5.00. The summed E-state index contributed by atoms with van der Waals surface area (Å²) >= 11 is 3.73. The van der Waals surface area contributed by atoms with E-state index in [9.17, 15) is 9.59 Å². The normalized spacial score (nSPS) is 12.7. The molecule has 0 aliphatic carbocycles. The van der Waals surface area contributed by atoms with Gasteiger partial charge >= 0.3 is 5.97 Å². The molecule has 0 rings (SSSR count). The zero-order valence-corrected chi connectivity index (χ0v) is 5.89. The number of hydrogen-bond donors (Lipinski definition) is 2. The zero-order chi connectivity index (χ0) is 7.44. The molecule has 0 spiro atoms. The predicted molar refractivity (Wildman–Crippen MR) is 35.7 cm³/mol. The van der Waals surface area contributed by atoms with Crippen LogP contribution in [0.3, 0.4) is 0 Å². The maximum absolute atomic E-state index is 10.4. The van der Waals surface area contributed by atoms with Gasteiger partial charge in [-0.1, -0.05) is 6.92 Å². The van der Waals surface area contributed by atoms with Crippen molar-refractivity contribution in [1.82, 2.24) is 0 Å². The monoisotopic (exact) mass is 148 g/mol. The average Bonchev–Trinajstić information content (AvgIpc) is 1.84. The van der Waals surface area contributed by atoms with Gasteiger partial charge in [0.2, 0.25) is 0 Å². The van der Waals surface area contributed by atoms with E-state index in [4.69, 9.17) is 5.11 Å². The molecule has 0 aliphatic heterocycles. The number of carboxylic acid groups (broad SMARTS) is 1. The molecular formula is C5H8O3S. The van der Waals surface area contributed by atoms with E-state index >= 15 is 0 Å². The number of aliphatic carboxylic acids is 1. The molecule has 0 heterocycles. The van der Waals surface area contributed by atoms with Crippen molar-refractivity contribution in [2.24, 2.45) is 0 Å². The number of carboxylic acids is 1. The Labute approximate surface area is 58.5 Å². The minimum Gasteiger partial charge on any atom is -0.475 e. The fourth-order valence-corrected chi connectivity index (χ4v) is 0.438. The summed E-state index contributed by atoms with van der Waals surface area (Å²) in [5, 5.41) is 7.43. The van der Waals surface area contributed by atoms with Crippen molar-refractivity contribution in [3.05, 3.63) is 0 Å². The smallest absolute Gasteiger partial charge is 0.373 e. The molecule has 0 amide bonds. The maximum Gasteiger partial charge on any atom is 0.373 e. The molecule has 0 bridgehead atoms. The minimum atomic E-state index is -1.41. The van der Waals surface area contributed by atoms with Gasteiger partial charge in [-0.3, -0.25) is 4.79 Å². The third-order valence-electron chi connectivity index (χ3n) is 0.900. The highest BCUT2D eigenvalue weighted by Crippen LogP contribution is 2.00. The molecule has 3 nitrogen and oxygen atoms in total. The second-order valence-electron chi connectivity index (χ2n) is 1.59. The number of Topliss-reactive ketones (excluding diaryl/α,β-unsaturated/α-hetero) is 1. The summed E-state index contributed by atoms with van der Waals surface area (Å²) in [5.74, 6) is -2.24. The second-order valence-corrected chi connectivity index (χ2v) is 2.22. The molecule has 0 saturated heterocycles. The molecule has 0 saturated carbocycles. The Morgan fingerprint density at radius 3 is 2.22 bits per heavy atom. The van der Waals surface area contributed by atoms with Gasteiger partial charge < -0.3 is 5.11 Å². The predicted octanol–water partition coefficient (Wildman–Crippen LogP) is 0.349. The quantitative estimate of drug-likeness (QED) is 0.448. The van der Waals surface area contributed by atoms with Crippen LogP contribution in [-0.4, -0.2) is 22.1 Å². The molecule has 1 unspecified atom stereocenters. The number of carbonyl (C=O) groups is 2. The summed E-state index contributed by atoms with van der Waals surface area (Å²) in [6.07, 6.45) is 0.453. The second kappa shape index (κ2) is 3.50. The van der Waals surface area contributed by atoms with Crippen molar-refractivity contribution in [2.45, 2.75) is 18.6 Å². The Morgan fingerprint density at radius 2 is 2.11 bits per heavy atom. The first-order valence-electron chi connectivity index (χ1n) is 2.54. The summed E-state index contributed by atoms with van der Waals surface area (Å²) in [7, 11) is 0. The van der Waals surface area contributed by atoms with Crippen molar-refractivity contribution in [1.29, 1.82) is 0 Å². The first kappa shape index (κ1) is 8.49. The van der Waals surface area contributed by atoms with E-state index in [1.165, 1.54) is 0 Å². The SMILES string of the molecule is CCC(S)C(=O)C(=O)O. The Bertz CT molecular complexity index is 132. The molecule has 0 aromatic carbocycles. The van der Waals surface area contributed by atoms with Crippen LogP contribution in [0.1, 0.15) is 13.3 Å². The van der Waals surface area contributed by atoms with E-state index in [0.717, 1.165) is 0 Å².